The van der Waals surface area contributed by atoms with Gasteiger partial charge in [0.05, 0.1) is 18.8 Å². The lowest BCUT2D eigenvalue weighted by Gasteiger charge is -2.15. The quantitative estimate of drug-likeness (QED) is 0.737. The highest BCUT2D eigenvalue weighted by Gasteiger charge is 2.27. The third kappa shape index (κ3) is 2.17. The zero-order valence-electron chi connectivity index (χ0n) is 9.37. The van der Waals surface area contributed by atoms with E-state index in [4.69, 9.17) is 15.9 Å². The van der Waals surface area contributed by atoms with Gasteiger partial charge in [-0.1, -0.05) is 12.0 Å². The van der Waals surface area contributed by atoms with Gasteiger partial charge in [-0.25, -0.2) is 8.78 Å². The average Bonchev–Trinajstić information content (AvgIpc) is 2.82. The van der Waals surface area contributed by atoms with Crippen molar-refractivity contribution in [2.75, 3.05) is 13.2 Å². The fourth-order valence-corrected chi connectivity index (χ4v) is 1.75. The Hall–Kier alpha value is -1.44. The molecule has 1 aliphatic heterocycles. The van der Waals surface area contributed by atoms with Crippen LogP contribution in [0.25, 0.3) is 0 Å². The van der Waals surface area contributed by atoms with Gasteiger partial charge in [-0.3, -0.25) is 0 Å². The molecule has 90 valence electrons. The van der Waals surface area contributed by atoms with Gasteiger partial charge in [-0.05, 0) is 13.0 Å². The Morgan fingerprint density at radius 3 is 2.59 bits per heavy atom. The molecule has 2 rings (SSSR count). The summed E-state index contributed by atoms with van der Waals surface area (Å²) in [5.41, 5.74) is 0.0881. The first-order valence-electron chi connectivity index (χ1n) is 5.32. The Kier molecular flexibility index (Phi) is 3.41. The predicted molar refractivity (Wildman–Crippen MR) is 58.3 cm³/mol. The highest BCUT2D eigenvalue weighted by molar-refractivity contribution is 5.34. The van der Waals surface area contributed by atoms with Crippen molar-refractivity contribution < 1.29 is 18.3 Å². The minimum atomic E-state index is -0.972. The molecule has 0 aromatic heterocycles. The molecule has 0 radical (unpaired) electrons. The summed E-state index contributed by atoms with van der Waals surface area (Å²) in [6.45, 7) is 2.34. The van der Waals surface area contributed by atoms with Crippen LogP contribution in [0.2, 0.25) is 0 Å². The summed E-state index contributed by atoms with van der Waals surface area (Å²) in [6, 6.07) is 2.54. The molecule has 1 heterocycles. The van der Waals surface area contributed by atoms with Gasteiger partial charge in [-0.2, -0.15) is 0 Å². The monoisotopic (exact) mass is 238 g/mol. The largest absolute Gasteiger partial charge is 0.346 e. The van der Waals surface area contributed by atoms with Gasteiger partial charge in [0.15, 0.2) is 6.29 Å². The van der Waals surface area contributed by atoms with Crippen LogP contribution in [0.4, 0.5) is 8.78 Å². The Bertz CT molecular complexity index is 459. The number of rotatable bonds is 2. The second-order valence-corrected chi connectivity index (χ2v) is 3.83. The van der Waals surface area contributed by atoms with Crippen LogP contribution in [0.15, 0.2) is 12.1 Å². The highest BCUT2D eigenvalue weighted by atomic mass is 19.1. The van der Waals surface area contributed by atoms with Crippen molar-refractivity contribution in [1.82, 2.24) is 0 Å². The predicted octanol–water partition coefficient (Wildman–Crippen LogP) is 2.75. The van der Waals surface area contributed by atoms with Crippen LogP contribution in [0.1, 0.15) is 30.3 Å². The Morgan fingerprint density at radius 2 is 2.00 bits per heavy atom. The number of hydrogen-bond donors (Lipinski definition) is 0. The van der Waals surface area contributed by atoms with Gasteiger partial charge < -0.3 is 9.47 Å². The molecule has 1 aromatic carbocycles. The first-order valence-corrected chi connectivity index (χ1v) is 5.32. The van der Waals surface area contributed by atoms with Crippen LogP contribution >= 0.6 is 0 Å². The van der Waals surface area contributed by atoms with Crippen molar-refractivity contribution >= 4 is 0 Å². The van der Waals surface area contributed by atoms with Gasteiger partial charge in [0.2, 0.25) is 0 Å². The molecule has 1 saturated heterocycles. The van der Waals surface area contributed by atoms with E-state index < -0.39 is 23.8 Å². The summed E-state index contributed by atoms with van der Waals surface area (Å²) < 4.78 is 38.0. The smallest absolute Gasteiger partial charge is 0.189 e. The SMILES string of the molecule is C#CC(C)c1ccc(F)c(C2OCCO2)c1F. The van der Waals surface area contributed by atoms with Crippen LogP contribution in [0.3, 0.4) is 0 Å². The summed E-state index contributed by atoms with van der Waals surface area (Å²) in [6.07, 6.45) is 4.27. The number of terminal acetylenes is 1. The van der Waals surface area contributed by atoms with Crippen molar-refractivity contribution in [2.24, 2.45) is 0 Å². The normalized spacial score (nSPS) is 18.0. The van der Waals surface area contributed by atoms with Crippen molar-refractivity contribution in [2.45, 2.75) is 19.1 Å². The molecule has 1 unspecified atom stereocenters. The van der Waals surface area contributed by atoms with Crippen molar-refractivity contribution in [3.63, 3.8) is 0 Å². The number of hydrogen-bond acceptors (Lipinski definition) is 2. The molecular formula is C13H12F2O2. The third-order valence-corrected chi connectivity index (χ3v) is 2.73. The molecular weight excluding hydrogens is 226 g/mol. The van der Waals surface area contributed by atoms with Gasteiger partial charge in [0.1, 0.15) is 11.6 Å². The zero-order valence-corrected chi connectivity index (χ0v) is 9.37. The molecule has 4 heteroatoms. The van der Waals surface area contributed by atoms with Crippen LogP contribution in [-0.4, -0.2) is 13.2 Å². The van der Waals surface area contributed by atoms with Gasteiger partial charge in [0, 0.05) is 11.5 Å². The maximum Gasteiger partial charge on any atom is 0.189 e. The van der Waals surface area contributed by atoms with E-state index in [1.807, 2.05) is 0 Å². The standard InChI is InChI=1S/C13H12F2O2/c1-3-8(2)9-4-5-10(14)11(12(9)15)13-16-6-7-17-13/h1,4-5,8,13H,6-7H2,2H3. The van der Waals surface area contributed by atoms with E-state index in [2.05, 4.69) is 5.92 Å². The minimum Gasteiger partial charge on any atom is -0.346 e. The molecule has 1 atom stereocenters. The van der Waals surface area contributed by atoms with Crippen LogP contribution in [0, 0.1) is 24.0 Å². The number of ether oxygens (including phenoxy) is 2. The van der Waals surface area contributed by atoms with E-state index in [1.165, 1.54) is 12.1 Å². The average molecular weight is 238 g/mol. The van der Waals surface area contributed by atoms with Gasteiger partial charge in [-0.15, -0.1) is 6.42 Å². The molecule has 0 amide bonds. The summed E-state index contributed by atoms with van der Waals surface area (Å²) >= 11 is 0. The molecule has 1 aromatic rings. The molecule has 2 nitrogen and oxygen atoms in total. The van der Waals surface area contributed by atoms with Gasteiger partial charge >= 0.3 is 0 Å². The van der Waals surface area contributed by atoms with Crippen LogP contribution < -0.4 is 0 Å². The second-order valence-electron chi connectivity index (χ2n) is 3.83. The summed E-state index contributed by atoms with van der Waals surface area (Å²) in [5.74, 6) is 0.638. The summed E-state index contributed by atoms with van der Waals surface area (Å²) in [5, 5.41) is 0. The summed E-state index contributed by atoms with van der Waals surface area (Å²) in [4.78, 5) is 0. The van der Waals surface area contributed by atoms with E-state index in [-0.39, 0.29) is 11.1 Å². The van der Waals surface area contributed by atoms with E-state index in [0.717, 1.165) is 0 Å². The third-order valence-electron chi connectivity index (χ3n) is 2.73. The first kappa shape index (κ1) is 12.0. The topological polar surface area (TPSA) is 18.5 Å². The lowest BCUT2D eigenvalue weighted by molar-refractivity contribution is -0.0490. The number of halogens is 2. The Labute approximate surface area is 98.5 Å². The Balaban J connectivity index is 2.46. The van der Waals surface area contributed by atoms with Gasteiger partial charge in [0.25, 0.3) is 0 Å². The van der Waals surface area contributed by atoms with Crippen molar-refractivity contribution in [1.29, 1.82) is 0 Å². The maximum atomic E-state index is 14.1. The van der Waals surface area contributed by atoms with E-state index >= 15 is 0 Å². The molecule has 1 fully saturated rings. The summed E-state index contributed by atoms with van der Waals surface area (Å²) in [7, 11) is 0. The van der Waals surface area contributed by atoms with Crippen LogP contribution in [0.5, 0.6) is 0 Å². The fourth-order valence-electron chi connectivity index (χ4n) is 1.75. The maximum absolute atomic E-state index is 14.1. The second kappa shape index (κ2) is 4.82. The van der Waals surface area contributed by atoms with E-state index in [9.17, 15) is 8.78 Å². The van der Waals surface area contributed by atoms with Crippen molar-refractivity contribution in [3.8, 4) is 12.3 Å². The molecule has 0 bridgehead atoms. The molecule has 0 saturated carbocycles. The highest BCUT2D eigenvalue weighted by Crippen LogP contribution is 2.31. The first-order chi connectivity index (χ1) is 8.15. The van der Waals surface area contributed by atoms with E-state index in [1.54, 1.807) is 6.92 Å². The van der Waals surface area contributed by atoms with E-state index in [0.29, 0.717) is 13.2 Å². The molecule has 1 aliphatic rings. The number of benzene rings is 1. The Morgan fingerprint density at radius 1 is 1.35 bits per heavy atom. The minimum absolute atomic E-state index is 0.192. The zero-order chi connectivity index (χ0) is 12.4. The van der Waals surface area contributed by atoms with Crippen molar-refractivity contribution in [3.05, 3.63) is 34.9 Å². The lowest BCUT2D eigenvalue weighted by atomic mass is 9.98. The molecule has 0 aliphatic carbocycles. The van der Waals surface area contributed by atoms with Crippen LogP contribution in [-0.2, 0) is 9.47 Å². The lowest BCUT2D eigenvalue weighted by Crippen LogP contribution is -2.08. The molecule has 0 N–H and O–H groups in total. The fraction of sp³-hybridized carbons (Fsp3) is 0.385. The molecule has 0 spiro atoms. The molecule has 17 heavy (non-hydrogen) atoms.